The summed E-state index contributed by atoms with van der Waals surface area (Å²) >= 11 is 0. The quantitative estimate of drug-likeness (QED) is 0.898. The molecule has 1 amide bonds. The normalized spacial score (nSPS) is 21.9. The average molecular weight is 331 g/mol. The molecule has 6 heteroatoms. The van der Waals surface area contributed by atoms with Gasteiger partial charge in [0.15, 0.2) is 11.5 Å². The average Bonchev–Trinajstić information content (AvgIpc) is 3.10. The van der Waals surface area contributed by atoms with Gasteiger partial charge in [0.2, 0.25) is 12.7 Å². The fraction of sp³-hybridized carbons (Fsp3) is 0.611. The summed E-state index contributed by atoms with van der Waals surface area (Å²) in [6.45, 7) is 6.71. The molecule has 0 spiro atoms. The van der Waals surface area contributed by atoms with Crippen molar-refractivity contribution in [1.29, 1.82) is 0 Å². The molecule has 6 nitrogen and oxygen atoms in total. The topological polar surface area (TPSA) is 54.0 Å². The predicted molar refractivity (Wildman–Crippen MR) is 90.0 cm³/mol. The molecule has 0 radical (unpaired) electrons. The van der Waals surface area contributed by atoms with Crippen molar-refractivity contribution >= 4 is 5.91 Å². The lowest BCUT2D eigenvalue weighted by molar-refractivity contribution is -0.138. The highest BCUT2D eigenvalue weighted by Crippen LogP contribution is 2.32. The van der Waals surface area contributed by atoms with Gasteiger partial charge >= 0.3 is 0 Å². The van der Waals surface area contributed by atoms with Crippen molar-refractivity contribution in [1.82, 2.24) is 15.1 Å². The highest BCUT2D eigenvalue weighted by Gasteiger charge is 2.28. The standard InChI is InChI=1S/C18H25N3O3/c22-18(15-3-5-19-6-4-15)21-9-7-20(8-10-21)12-14-1-2-16-17(11-14)24-13-23-16/h1-2,11,15,19H,3-10,12-13H2. The number of carbonyl (C=O) groups excluding carboxylic acids is 1. The second kappa shape index (κ2) is 6.99. The largest absolute Gasteiger partial charge is 0.454 e. The van der Waals surface area contributed by atoms with Crippen LogP contribution >= 0.6 is 0 Å². The van der Waals surface area contributed by atoms with E-state index in [4.69, 9.17) is 9.47 Å². The second-order valence-corrected chi connectivity index (χ2v) is 6.81. The summed E-state index contributed by atoms with van der Waals surface area (Å²) in [7, 11) is 0. The van der Waals surface area contributed by atoms with Crippen molar-refractivity contribution in [2.24, 2.45) is 5.92 Å². The monoisotopic (exact) mass is 331 g/mol. The van der Waals surface area contributed by atoms with Crippen LogP contribution in [0.1, 0.15) is 18.4 Å². The number of carbonyl (C=O) groups is 1. The molecule has 0 aliphatic carbocycles. The van der Waals surface area contributed by atoms with Gasteiger partial charge in [0, 0.05) is 38.6 Å². The van der Waals surface area contributed by atoms with Crippen LogP contribution in [-0.4, -0.2) is 61.8 Å². The van der Waals surface area contributed by atoms with Gasteiger partial charge < -0.3 is 19.7 Å². The van der Waals surface area contributed by atoms with Crippen molar-refractivity contribution in [3.05, 3.63) is 23.8 Å². The Bertz CT molecular complexity index is 593. The minimum Gasteiger partial charge on any atom is -0.454 e. The van der Waals surface area contributed by atoms with Crippen LogP contribution in [-0.2, 0) is 11.3 Å². The lowest BCUT2D eigenvalue weighted by Gasteiger charge is -2.37. The summed E-state index contributed by atoms with van der Waals surface area (Å²) in [5.74, 6) is 2.26. The van der Waals surface area contributed by atoms with E-state index in [2.05, 4.69) is 27.2 Å². The zero-order chi connectivity index (χ0) is 16.4. The van der Waals surface area contributed by atoms with Crippen LogP contribution in [0.2, 0.25) is 0 Å². The molecule has 3 aliphatic rings. The Labute approximate surface area is 142 Å². The molecule has 0 saturated carbocycles. The summed E-state index contributed by atoms with van der Waals surface area (Å²) in [5.41, 5.74) is 1.23. The number of ether oxygens (including phenoxy) is 2. The van der Waals surface area contributed by atoms with Gasteiger partial charge in [-0.15, -0.1) is 0 Å². The van der Waals surface area contributed by atoms with E-state index in [0.29, 0.717) is 12.7 Å². The first-order valence-electron chi connectivity index (χ1n) is 8.90. The number of rotatable bonds is 3. The molecule has 1 aromatic carbocycles. The number of fused-ring (bicyclic) bond motifs is 1. The fourth-order valence-corrected chi connectivity index (χ4v) is 3.75. The molecule has 0 bridgehead atoms. The van der Waals surface area contributed by atoms with E-state index < -0.39 is 0 Å². The molecule has 0 atom stereocenters. The summed E-state index contributed by atoms with van der Waals surface area (Å²) < 4.78 is 10.8. The SMILES string of the molecule is O=C(C1CCNCC1)N1CCN(Cc2ccc3c(c2)OCO3)CC1. The minimum absolute atomic E-state index is 0.228. The highest BCUT2D eigenvalue weighted by atomic mass is 16.7. The summed E-state index contributed by atoms with van der Waals surface area (Å²) in [5, 5.41) is 3.33. The van der Waals surface area contributed by atoms with Gasteiger partial charge in [-0.1, -0.05) is 6.07 Å². The van der Waals surface area contributed by atoms with Gasteiger partial charge in [0.25, 0.3) is 0 Å². The molecule has 3 heterocycles. The van der Waals surface area contributed by atoms with Crippen molar-refractivity contribution in [3.63, 3.8) is 0 Å². The van der Waals surface area contributed by atoms with E-state index in [9.17, 15) is 4.79 Å². The van der Waals surface area contributed by atoms with Crippen LogP contribution in [0.15, 0.2) is 18.2 Å². The number of hydrogen-bond acceptors (Lipinski definition) is 5. The van der Waals surface area contributed by atoms with E-state index in [-0.39, 0.29) is 5.92 Å². The maximum absolute atomic E-state index is 12.6. The van der Waals surface area contributed by atoms with Crippen LogP contribution < -0.4 is 14.8 Å². The molecule has 24 heavy (non-hydrogen) atoms. The number of benzene rings is 1. The molecular formula is C18H25N3O3. The van der Waals surface area contributed by atoms with E-state index >= 15 is 0 Å². The fourth-order valence-electron chi connectivity index (χ4n) is 3.75. The Morgan fingerprint density at radius 3 is 2.62 bits per heavy atom. The van der Waals surface area contributed by atoms with Crippen LogP contribution in [0.5, 0.6) is 11.5 Å². The van der Waals surface area contributed by atoms with Crippen molar-refractivity contribution in [2.45, 2.75) is 19.4 Å². The van der Waals surface area contributed by atoms with Crippen LogP contribution in [0.25, 0.3) is 0 Å². The van der Waals surface area contributed by atoms with Gasteiger partial charge in [-0.3, -0.25) is 9.69 Å². The van der Waals surface area contributed by atoms with Crippen LogP contribution in [0.4, 0.5) is 0 Å². The van der Waals surface area contributed by atoms with Gasteiger partial charge in [0.05, 0.1) is 0 Å². The highest BCUT2D eigenvalue weighted by molar-refractivity contribution is 5.79. The van der Waals surface area contributed by atoms with E-state index in [0.717, 1.165) is 70.2 Å². The van der Waals surface area contributed by atoms with Gasteiger partial charge in [-0.2, -0.15) is 0 Å². The first-order valence-corrected chi connectivity index (χ1v) is 8.90. The Hall–Kier alpha value is -1.79. The first kappa shape index (κ1) is 15.7. The maximum atomic E-state index is 12.6. The Morgan fingerprint density at radius 2 is 1.83 bits per heavy atom. The molecule has 1 aromatic rings. The van der Waals surface area contributed by atoms with E-state index in [1.54, 1.807) is 0 Å². The first-order chi connectivity index (χ1) is 11.8. The number of hydrogen-bond donors (Lipinski definition) is 1. The maximum Gasteiger partial charge on any atom is 0.231 e. The third kappa shape index (κ3) is 3.35. The molecule has 4 rings (SSSR count). The summed E-state index contributed by atoms with van der Waals surface area (Å²) in [6.07, 6.45) is 1.96. The molecule has 0 unspecified atom stereocenters. The van der Waals surface area contributed by atoms with E-state index in [1.165, 1.54) is 5.56 Å². The van der Waals surface area contributed by atoms with Crippen LogP contribution in [0.3, 0.4) is 0 Å². The smallest absolute Gasteiger partial charge is 0.231 e. The summed E-state index contributed by atoms with van der Waals surface area (Å²) in [6, 6.07) is 6.14. The summed E-state index contributed by atoms with van der Waals surface area (Å²) in [4.78, 5) is 17.1. The Balaban J connectivity index is 1.29. The zero-order valence-corrected chi connectivity index (χ0v) is 14.0. The van der Waals surface area contributed by atoms with Gasteiger partial charge in [-0.25, -0.2) is 0 Å². The number of piperidine rings is 1. The van der Waals surface area contributed by atoms with Crippen molar-refractivity contribution in [3.8, 4) is 11.5 Å². The van der Waals surface area contributed by atoms with Crippen LogP contribution in [0, 0.1) is 5.92 Å². The molecule has 1 N–H and O–H groups in total. The third-order valence-corrected chi connectivity index (χ3v) is 5.22. The lowest BCUT2D eigenvalue weighted by atomic mass is 9.96. The predicted octanol–water partition coefficient (Wildman–Crippen LogP) is 1.06. The molecular weight excluding hydrogens is 306 g/mol. The minimum atomic E-state index is 0.228. The zero-order valence-electron chi connectivity index (χ0n) is 14.0. The molecule has 3 aliphatic heterocycles. The Kier molecular flexibility index (Phi) is 4.58. The molecule has 2 fully saturated rings. The van der Waals surface area contributed by atoms with E-state index in [1.807, 2.05) is 6.07 Å². The van der Waals surface area contributed by atoms with Crippen molar-refractivity contribution in [2.75, 3.05) is 46.1 Å². The van der Waals surface area contributed by atoms with Gasteiger partial charge in [0.1, 0.15) is 0 Å². The lowest BCUT2D eigenvalue weighted by Crippen LogP contribution is -2.51. The van der Waals surface area contributed by atoms with Gasteiger partial charge in [-0.05, 0) is 43.6 Å². The number of amides is 1. The molecule has 0 aromatic heterocycles. The number of piperazine rings is 1. The molecule has 2 saturated heterocycles. The Morgan fingerprint density at radius 1 is 1.08 bits per heavy atom. The number of nitrogens with one attached hydrogen (secondary N) is 1. The second-order valence-electron chi connectivity index (χ2n) is 6.81. The third-order valence-electron chi connectivity index (χ3n) is 5.22. The molecule has 130 valence electrons. The number of nitrogens with zero attached hydrogens (tertiary/aromatic N) is 2. The van der Waals surface area contributed by atoms with Crippen molar-refractivity contribution < 1.29 is 14.3 Å².